The van der Waals surface area contributed by atoms with Gasteiger partial charge in [-0.3, -0.25) is 4.79 Å². The molecule has 0 saturated heterocycles. The number of benzene rings is 2. The highest BCUT2D eigenvalue weighted by Gasteiger charge is 2.15. The summed E-state index contributed by atoms with van der Waals surface area (Å²) < 4.78 is 5.00. The molecule has 27 heavy (non-hydrogen) atoms. The molecule has 1 aromatic heterocycles. The molecule has 0 aliphatic rings. The Bertz CT molecular complexity index is 880. The number of amides is 1. The van der Waals surface area contributed by atoms with Crippen molar-refractivity contribution in [3.8, 4) is 0 Å². The van der Waals surface area contributed by atoms with Crippen molar-refractivity contribution in [3.63, 3.8) is 0 Å². The smallest absolute Gasteiger partial charge is 0.252 e. The number of hydrogen-bond donors (Lipinski definition) is 1. The van der Waals surface area contributed by atoms with E-state index in [0.717, 1.165) is 11.3 Å². The summed E-state index contributed by atoms with van der Waals surface area (Å²) in [6.07, 6.45) is 0.970. The summed E-state index contributed by atoms with van der Waals surface area (Å²) in [4.78, 5) is 17.9. The van der Waals surface area contributed by atoms with Crippen LogP contribution in [-0.4, -0.2) is 22.6 Å². The first kappa shape index (κ1) is 19.2. The summed E-state index contributed by atoms with van der Waals surface area (Å²) in [7, 11) is 0. The molecule has 1 N–H and O–H groups in total. The van der Waals surface area contributed by atoms with Crippen molar-refractivity contribution in [2.45, 2.75) is 36.8 Å². The fourth-order valence-corrected chi connectivity index (χ4v) is 3.75. The lowest BCUT2D eigenvalue weighted by molar-refractivity contribution is 0.0948. The first-order chi connectivity index (χ1) is 13.2. The van der Waals surface area contributed by atoms with Crippen molar-refractivity contribution >= 4 is 17.7 Å². The van der Waals surface area contributed by atoms with Gasteiger partial charge in [0.25, 0.3) is 5.91 Å². The molecule has 3 rings (SSSR count). The van der Waals surface area contributed by atoms with Crippen LogP contribution in [-0.2, 0) is 5.75 Å². The van der Waals surface area contributed by atoms with Gasteiger partial charge in [0.15, 0.2) is 5.82 Å². The van der Waals surface area contributed by atoms with Gasteiger partial charge in [0, 0.05) is 24.3 Å². The second-order valence-corrected chi connectivity index (χ2v) is 7.26. The molecule has 1 heterocycles. The van der Waals surface area contributed by atoms with Crippen molar-refractivity contribution in [1.29, 1.82) is 0 Å². The average Bonchev–Trinajstić information content (AvgIpc) is 3.13. The second-order valence-electron chi connectivity index (χ2n) is 6.24. The molecule has 6 heteroatoms. The lowest BCUT2D eigenvalue weighted by atomic mass is 9.96. The molecule has 0 bridgehead atoms. The van der Waals surface area contributed by atoms with Gasteiger partial charge in [0.1, 0.15) is 0 Å². The van der Waals surface area contributed by atoms with Crippen LogP contribution in [0, 0.1) is 6.92 Å². The van der Waals surface area contributed by atoms with Crippen molar-refractivity contribution in [1.82, 2.24) is 15.5 Å². The maximum atomic E-state index is 12.8. The summed E-state index contributed by atoms with van der Waals surface area (Å²) in [6.45, 7) is 4.52. The zero-order chi connectivity index (χ0) is 19.1. The molecular weight excluding hydrogens is 358 g/mol. The molecule has 5 nitrogen and oxygen atoms in total. The number of carbonyl (C=O) groups excluding carboxylic acids is 1. The summed E-state index contributed by atoms with van der Waals surface area (Å²) in [6, 6.07) is 17.9. The Morgan fingerprint density at radius 1 is 1.15 bits per heavy atom. The molecule has 1 atom stereocenters. The SMILES string of the molecule is CCC(CNC(=O)c1ccccc1SCc1noc(C)n1)c1ccccc1. The van der Waals surface area contributed by atoms with Crippen LogP contribution < -0.4 is 5.32 Å². The lowest BCUT2D eigenvalue weighted by Crippen LogP contribution is -2.28. The molecule has 1 unspecified atom stereocenters. The van der Waals surface area contributed by atoms with E-state index in [0.29, 0.717) is 35.5 Å². The van der Waals surface area contributed by atoms with E-state index in [-0.39, 0.29) is 5.91 Å². The highest BCUT2D eigenvalue weighted by molar-refractivity contribution is 7.98. The maximum absolute atomic E-state index is 12.8. The number of nitrogens with one attached hydrogen (secondary N) is 1. The second kappa shape index (κ2) is 9.37. The van der Waals surface area contributed by atoms with E-state index < -0.39 is 0 Å². The fourth-order valence-electron chi connectivity index (χ4n) is 2.86. The summed E-state index contributed by atoms with van der Waals surface area (Å²) in [5, 5.41) is 6.99. The Labute approximate surface area is 163 Å². The van der Waals surface area contributed by atoms with Gasteiger partial charge in [-0.05, 0) is 24.1 Å². The Morgan fingerprint density at radius 2 is 1.89 bits per heavy atom. The number of thioether (sulfide) groups is 1. The maximum Gasteiger partial charge on any atom is 0.252 e. The summed E-state index contributed by atoms with van der Waals surface area (Å²) in [5.74, 6) is 1.98. The molecule has 2 aromatic carbocycles. The molecule has 0 spiro atoms. The standard InChI is InChI=1S/C21H23N3O2S/c1-3-16(17-9-5-4-6-10-17)13-22-21(25)18-11-7-8-12-19(18)27-14-20-23-15(2)26-24-20/h4-12,16H,3,13-14H2,1-2H3,(H,22,25). The highest BCUT2D eigenvalue weighted by Crippen LogP contribution is 2.26. The van der Waals surface area contributed by atoms with Crippen LogP contribution in [0.4, 0.5) is 0 Å². The normalized spacial score (nSPS) is 11.9. The summed E-state index contributed by atoms with van der Waals surface area (Å²) >= 11 is 1.53. The van der Waals surface area contributed by atoms with Crippen LogP contribution >= 0.6 is 11.8 Å². The van der Waals surface area contributed by atoms with Gasteiger partial charge in [-0.2, -0.15) is 4.98 Å². The van der Waals surface area contributed by atoms with Gasteiger partial charge in [0.05, 0.1) is 11.3 Å². The third-order valence-corrected chi connectivity index (χ3v) is 5.40. The van der Waals surface area contributed by atoms with E-state index in [4.69, 9.17) is 4.52 Å². The van der Waals surface area contributed by atoms with Crippen LogP contribution in [0.2, 0.25) is 0 Å². The minimum Gasteiger partial charge on any atom is -0.351 e. The van der Waals surface area contributed by atoms with Crippen LogP contribution in [0.15, 0.2) is 64.0 Å². The van der Waals surface area contributed by atoms with Gasteiger partial charge in [-0.15, -0.1) is 11.8 Å². The Kier molecular flexibility index (Phi) is 6.65. The molecule has 140 valence electrons. The van der Waals surface area contributed by atoms with E-state index in [1.165, 1.54) is 17.3 Å². The van der Waals surface area contributed by atoms with Gasteiger partial charge in [-0.25, -0.2) is 0 Å². The van der Waals surface area contributed by atoms with E-state index >= 15 is 0 Å². The quantitative estimate of drug-likeness (QED) is 0.578. The molecule has 3 aromatic rings. The minimum atomic E-state index is -0.0585. The molecule has 0 aliphatic carbocycles. The summed E-state index contributed by atoms with van der Waals surface area (Å²) in [5.41, 5.74) is 1.92. The fraction of sp³-hybridized carbons (Fsp3) is 0.286. The molecular formula is C21H23N3O2S. The predicted octanol–water partition coefficient (Wildman–Crippen LogP) is 4.59. The number of aromatic nitrogens is 2. The first-order valence-electron chi connectivity index (χ1n) is 9.01. The molecule has 1 amide bonds. The third-order valence-electron chi connectivity index (χ3n) is 4.33. The lowest BCUT2D eigenvalue weighted by Gasteiger charge is -2.17. The van der Waals surface area contributed by atoms with E-state index in [1.54, 1.807) is 6.92 Å². The van der Waals surface area contributed by atoms with Gasteiger partial charge in [-0.1, -0.05) is 54.5 Å². The highest BCUT2D eigenvalue weighted by atomic mass is 32.2. The van der Waals surface area contributed by atoms with Gasteiger partial charge < -0.3 is 9.84 Å². The average molecular weight is 382 g/mol. The van der Waals surface area contributed by atoms with Crippen molar-refractivity contribution in [2.75, 3.05) is 6.54 Å². The topological polar surface area (TPSA) is 68.0 Å². The van der Waals surface area contributed by atoms with E-state index in [2.05, 4.69) is 34.5 Å². The van der Waals surface area contributed by atoms with Crippen LogP contribution in [0.5, 0.6) is 0 Å². The Hall–Kier alpha value is -2.60. The first-order valence-corrected chi connectivity index (χ1v) is 10.00. The van der Waals surface area contributed by atoms with Crippen molar-refractivity contribution in [3.05, 3.63) is 77.4 Å². The molecule has 0 fully saturated rings. The molecule has 0 saturated carbocycles. The van der Waals surface area contributed by atoms with Crippen LogP contribution in [0.1, 0.15) is 46.9 Å². The number of rotatable bonds is 8. The Morgan fingerprint density at radius 3 is 2.59 bits per heavy atom. The predicted molar refractivity (Wildman–Crippen MR) is 107 cm³/mol. The molecule has 0 radical (unpaired) electrons. The number of hydrogen-bond acceptors (Lipinski definition) is 5. The minimum absolute atomic E-state index is 0.0585. The van der Waals surface area contributed by atoms with Gasteiger partial charge in [0.2, 0.25) is 5.89 Å². The number of carbonyl (C=O) groups is 1. The zero-order valence-corrected chi connectivity index (χ0v) is 16.3. The monoisotopic (exact) mass is 381 g/mol. The zero-order valence-electron chi connectivity index (χ0n) is 15.5. The molecule has 0 aliphatic heterocycles. The number of aryl methyl sites for hydroxylation is 1. The van der Waals surface area contributed by atoms with E-state index in [1.807, 2.05) is 42.5 Å². The van der Waals surface area contributed by atoms with Crippen molar-refractivity contribution in [2.24, 2.45) is 0 Å². The van der Waals surface area contributed by atoms with Crippen LogP contribution in [0.3, 0.4) is 0 Å². The van der Waals surface area contributed by atoms with Crippen molar-refractivity contribution < 1.29 is 9.32 Å². The Balaban J connectivity index is 1.64. The van der Waals surface area contributed by atoms with Crippen LogP contribution in [0.25, 0.3) is 0 Å². The van der Waals surface area contributed by atoms with Gasteiger partial charge >= 0.3 is 0 Å². The third kappa shape index (κ3) is 5.20. The largest absolute Gasteiger partial charge is 0.351 e. The number of nitrogens with zero attached hydrogens (tertiary/aromatic N) is 2. The van der Waals surface area contributed by atoms with E-state index in [9.17, 15) is 4.79 Å².